The molecule has 2 heteroatoms. The van der Waals surface area contributed by atoms with Gasteiger partial charge in [-0.2, -0.15) is 0 Å². The zero-order chi connectivity index (χ0) is 11.9. The van der Waals surface area contributed by atoms with Crippen molar-refractivity contribution in [2.45, 2.75) is 0 Å². The number of rotatable bonds is 1. The van der Waals surface area contributed by atoms with Crippen molar-refractivity contribution in [2.75, 3.05) is 0 Å². The van der Waals surface area contributed by atoms with Crippen LogP contribution in [-0.4, -0.2) is 0 Å². The van der Waals surface area contributed by atoms with Crippen molar-refractivity contribution in [2.24, 2.45) is 0 Å². The predicted octanol–water partition coefficient (Wildman–Crippen LogP) is 4.85. The Balaban J connectivity index is 1.95. The topological polar surface area (TPSA) is 26.3 Å². The Kier molecular flexibility index (Phi) is 1.86. The first-order valence-corrected chi connectivity index (χ1v) is 5.88. The van der Waals surface area contributed by atoms with Crippen LogP contribution in [0.15, 0.2) is 69.5 Å². The Morgan fingerprint density at radius 2 is 1.00 bits per heavy atom. The maximum atomic E-state index is 5.79. The highest BCUT2D eigenvalue weighted by molar-refractivity contribution is 5.86. The number of benzene rings is 2. The van der Waals surface area contributed by atoms with Crippen LogP contribution in [0.3, 0.4) is 0 Å². The average molecular weight is 234 g/mol. The summed E-state index contributed by atoms with van der Waals surface area (Å²) < 4.78 is 11.6. The Morgan fingerprint density at radius 3 is 1.44 bits per heavy atom. The van der Waals surface area contributed by atoms with E-state index in [0.717, 1.165) is 33.5 Å². The molecule has 86 valence electrons. The lowest BCUT2D eigenvalue weighted by molar-refractivity contribution is 0.569. The van der Waals surface area contributed by atoms with Crippen LogP contribution in [0, 0.1) is 0 Å². The molecule has 2 aromatic carbocycles. The summed E-state index contributed by atoms with van der Waals surface area (Å²) in [6.07, 6.45) is 0. The van der Waals surface area contributed by atoms with Crippen molar-refractivity contribution < 1.29 is 8.83 Å². The maximum Gasteiger partial charge on any atom is 0.170 e. The van der Waals surface area contributed by atoms with Crippen molar-refractivity contribution >= 4 is 21.9 Å². The standard InChI is InChI=1S/C16H10O2/c1-3-7-13-11(5-1)9-15(17-13)16-10-12-6-2-4-8-14(12)18-16/h1-10H. The van der Waals surface area contributed by atoms with Gasteiger partial charge in [0.05, 0.1) is 0 Å². The summed E-state index contributed by atoms with van der Waals surface area (Å²) in [4.78, 5) is 0. The van der Waals surface area contributed by atoms with Gasteiger partial charge in [0.15, 0.2) is 11.5 Å². The van der Waals surface area contributed by atoms with E-state index in [1.165, 1.54) is 0 Å². The molecule has 0 amide bonds. The Morgan fingerprint density at radius 1 is 0.556 bits per heavy atom. The van der Waals surface area contributed by atoms with E-state index in [9.17, 15) is 0 Å². The zero-order valence-corrected chi connectivity index (χ0v) is 9.59. The third-order valence-electron chi connectivity index (χ3n) is 3.09. The van der Waals surface area contributed by atoms with Crippen LogP contribution >= 0.6 is 0 Å². The molecule has 0 spiro atoms. The monoisotopic (exact) mass is 234 g/mol. The number of fused-ring (bicyclic) bond motifs is 2. The van der Waals surface area contributed by atoms with Crippen molar-refractivity contribution in [3.8, 4) is 11.5 Å². The second-order valence-electron chi connectivity index (χ2n) is 4.30. The minimum absolute atomic E-state index is 0.771. The van der Waals surface area contributed by atoms with Crippen LogP contribution in [0.1, 0.15) is 0 Å². The van der Waals surface area contributed by atoms with Gasteiger partial charge in [-0.05, 0) is 24.3 Å². The summed E-state index contributed by atoms with van der Waals surface area (Å²) in [7, 11) is 0. The van der Waals surface area contributed by atoms with Gasteiger partial charge in [-0.1, -0.05) is 36.4 Å². The molecule has 0 radical (unpaired) electrons. The average Bonchev–Trinajstić information content (AvgIpc) is 3.02. The molecule has 2 aromatic heterocycles. The van der Waals surface area contributed by atoms with Crippen LogP contribution < -0.4 is 0 Å². The van der Waals surface area contributed by atoms with Crippen LogP contribution in [0.5, 0.6) is 0 Å². The maximum absolute atomic E-state index is 5.79. The van der Waals surface area contributed by atoms with E-state index < -0.39 is 0 Å². The first kappa shape index (κ1) is 9.54. The molecule has 4 rings (SSSR count). The summed E-state index contributed by atoms with van der Waals surface area (Å²) in [6.45, 7) is 0. The lowest BCUT2D eigenvalue weighted by atomic mass is 10.2. The molecule has 0 aliphatic rings. The third kappa shape index (κ3) is 1.36. The van der Waals surface area contributed by atoms with E-state index >= 15 is 0 Å². The number of hydrogen-bond donors (Lipinski definition) is 0. The molecule has 2 nitrogen and oxygen atoms in total. The van der Waals surface area contributed by atoms with Gasteiger partial charge in [0.1, 0.15) is 11.2 Å². The summed E-state index contributed by atoms with van der Waals surface area (Å²) in [5.74, 6) is 1.54. The Bertz CT molecular complexity index is 698. The predicted molar refractivity (Wildman–Crippen MR) is 71.4 cm³/mol. The van der Waals surface area contributed by atoms with Gasteiger partial charge in [-0.15, -0.1) is 0 Å². The SMILES string of the molecule is c1ccc2oc(-c3cc4ccccc4o3)cc2c1. The molecule has 0 unspecified atom stereocenters. The third-order valence-corrected chi connectivity index (χ3v) is 3.09. The van der Waals surface area contributed by atoms with Crippen molar-refractivity contribution in [1.29, 1.82) is 0 Å². The van der Waals surface area contributed by atoms with E-state index in [1.807, 2.05) is 60.7 Å². The molecule has 0 saturated heterocycles. The number of furan rings is 2. The van der Waals surface area contributed by atoms with E-state index in [1.54, 1.807) is 0 Å². The van der Waals surface area contributed by atoms with Gasteiger partial charge in [-0.3, -0.25) is 0 Å². The molecule has 0 saturated carbocycles. The molecule has 4 aromatic rings. The fraction of sp³-hybridized carbons (Fsp3) is 0. The molecule has 0 atom stereocenters. The van der Waals surface area contributed by atoms with E-state index in [-0.39, 0.29) is 0 Å². The second kappa shape index (κ2) is 3.50. The van der Waals surface area contributed by atoms with E-state index in [0.29, 0.717) is 0 Å². The van der Waals surface area contributed by atoms with E-state index in [2.05, 4.69) is 0 Å². The second-order valence-corrected chi connectivity index (χ2v) is 4.30. The first-order chi connectivity index (χ1) is 8.90. The zero-order valence-electron chi connectivity index (χ0n) is 9.59. The molecule has 0 fully saturated rings. The molecule has 0 aliphatic carbocycles. The highest BCUT2D eigenvalue weighted by atomic mass is 16.4. The van der Waals surface area contributed by atoms with Gasteiger partial charge in [0.25, 0.3) is 0 Å². The highest BCUT2D eigenvalue weighted by Gasteiger charge is 2.10. The fourth-order valence-corrected chi connectivity index (χ4v) is 2.21. The van der Waals surface area contributed by atoms with Gasteiger partial charge >= 0.3 is 0 Å². The molecular weight excluding hydrogens is 224 g/mol. The smallest absolute Gasteiger partial charge is 0.170 e. The van der Waals surface area contributed by atoms with Crippen LogP contribution in [0.4, 0.5) is 0 Å². The number of hydrogen-bond acceptors (Lipinski definition) is 2. The van der Waals surface area contributed by atoms with Gasteiger partial charge in [-0.25, -0.2) is 0 Å². The molecule has 18 heavy (non-hydrogen) atoms. The Labute approximate surface area is 103 Å². The minimum Gasteiger partial charge on any atom is -0.453 e. The van der Waals surface area contributed by atoms with Crippen molar-refractivity contribution in [3.63, 3.8) is 0 Å². The lowest BCUT2D eigenvalue weighted by Gasteiger charge is -1.87. The summed E-state index contributed by atoms with van der Waals surface area (Å²) in [5, 5.41) is 2.18. The van der Waals surface area contributed by atoms with Gasteiger partial charge in [0, 0.05) is 10.8 Å². The molecular formula is C16H10O2. The molecule has 2 heterocycles. The minimum atomic E-state index is 0.771. The largest absolute Gasteiger partial charge is 0.453 e. The van der Waals surface area contributed by atoms with Gasteiger partial charge < -0.3 is 8.83 Å². The number of para-hydroxylation sites is 2. The fourth-order valence-electron chi connectivity index (χ4n) is 2.21. The van der Waals surface area contributed by atoms with Crippen LogP contribution in [-0.2, 0) is 0 Å². The lowest BCUT2D eigenvalue weighted by Crippen LogP contribution is -1.62. The molecule has 0 bridgehead atoms. The normalized spacial score (nSPS) is 11.3. The van der Waals surface area contributed by atoms with E-state index in [4.69, 9.17) is 8.83 Å². The van der Waals surface area contributed by atoms with Crippen LogP contribution in [0.2, 0.25) is 0 Å². The highest BCUT2D eigenvalue weighted by Crippen LogP contribution is 2.31. The van der Waals surface area contributed by atoms with Crippen LogP contribution in [0.25, 0.3) is 33.5 Å². The van der Waals surface area contributed by atoms with Crippen molar-refractivity contribution in [1.82, 2.24) is 0 Å². The summed E-state index contributed by atoms with van der Waals surface area (Å²) >= 11 is 0. The van der Waals surface area contributed by atoms with Gasteiger partial charge in [0.2, 0.25) is 0 Å². The first-order valence-electron chi connectivity index (χ1n) is 5.88. The summed E-state index contributed by atoms with van der Waals surface area (Å²) in [6, 6.07) is 19.9. The Hall–Kier alpha value is -2.48. The molecule has 0 aliphatic heterocycles. The summed E-state index contributed by atoms with van der Waals surface area (Å²) in [5.41, 5.74) is 1.76. The van der Waals surface area contributed by atoms with Crippen molar-refractivity contribution in [3.05, 3.63) is 60.7 Å². The molecule has 0 N–H and O–H groups in total. The quantitative estimate of drug-likeness (QED) is 0.470.